The van der Waals surface area contributed by atoms with Crippen molar-refractivity contribution in [2.75, 3.05) is 0 Å². The van der Waals surface area contributed by atoms with Crippen molar-refractivity contribution in [2.45, 2.75) is 0 Å². The number of nitrogens with zero attached hydrogens (tertiary/aromatic N) is 5. The molecule has 0 saturated carbocycles. The van der Waals surface area contributed by atoms with Gasteiger partial charge in [-0.15, -0.1) is 10.2 Å². The molecule has 0 aliphatic rings. The first-order valence-electron chi connectivity index (χ1n) is 6.04. The van der Waals surface area contributed by atoms with Crippen molar-refractivity contribution >= 4 is 28.0 Å². The van der Waals surface area contributed by atoms with Gasteiger partial charge in [-0.25, -0.2) is 0 Å². The second-order valence-corrected chi connectivity index (χ2v) is 4.70. The molecule has 20 heavy (non-hydrogen) atoms. The van der Waals surface area contributed by atoms with Crippen molar-refractivity contribution < 1.29 is 0 Å². The van der Waals surface area contributed by atoms with Crippen LogP contribution in [0.4, 0.5) is 0 Å². The molecule has 0 fully saturated rings. The minimum atomic E-state index is 0.387. The van der Waals surface area contributed by atoms with Crippen LogP contribution < -0.4 is 0 Å². The smallest absolute Gasteiger partial charge is 0.186 e. The number of hydrogen-bond acceptors (Lipinski definition) is 4. The van der Waals surface area contributed by atoms with Crippen molar-refractivity contribution in [3.8, 4) is 11.4 Å². The predicted octanol–water partition coefficient (Wildman–Crippen LogP) is 2.99. The maximum absolute atomic E-state index is 6.22. The Bertz CT molecular complexity index is 917. The Hall–Kier alpha value is -2.53. The van der Waals surface area contributed by atoms with Crippen LogP contribution in [0.2, 0.25) is 5.15 Å². The van der Waals surface area contributed by atoms with Crippen LogP contribution in [-0.4, -0.2) is 24.8 Å². The molecule has 1 aromatic carbocycles. The maximum atomic E-state index is 6.22. The number of aromatic nitrogens is 5. The molecule has 0 spiro atoms. The molecule has 3 heterocycles. The van der Waals surface area contributed by atoms with Gasteiger partial charge in [-0.3, -0.25) is 4.98 Å². The molecule has 0 saturated heterocycles. The molecule has 3 aromatic heterocycles. The minimum Gasteiger partial charge on any atom is -0.264 e. The van der Waals surface area contributed by atoms with Gasteiger partial charge in [0.05, 0.1) is 0 Å². The Kier molecular flexibility index (Phi) is 2.40. The lowest BCUT2D eigenvalue weighted by Gasteiger charge is -2.03. The quantitative estimate of drug-likeness (QED) is 0.538. The molecular weight excluding hydrogens is 274 g/mol. The van der Waals surface area contributed by atoms with Crippen LogP contribution in [0, 0.1) is 0 Å². The summed E-state index contributed by atoms with van der Waals surface area (Å²) in [5.74, 6) is 0.668. The number of rotatable bonds is 1. The van der Waals surface area contributed by atoms with Gasteiger partial charge in [-0.05, 0) is 6.07 Å². The van der Waals surface area contributed by atoms with Crippen molar-refractivity contribution in [3.05, 3.63) is 53.9 Å². The lowest BCUT2D eigenvalue weighted by Crippen LogP contribution is -1.97. The van der Waals surface area contributed by atoms with Gasteiger partial charge in [0.15, 0.2) is 16.6 Å². The Balaban J connectivity index is 2.12. The summed E-state index contributed by atoms with van der Waals surface area (Å²) in [6.07, 6.45) is 3.39. The fraction of sp³-hybridized carbons (Fsp3) is 0. The van der Waals surface area contributed by atoms with Gasteiger partial charge in [-0.2, -0.15) is 9.61 Å². The highest BCUT2D eigenvalue weighted by Crippen LogP contribution is 2.26. The summed E-state index contributed by atoms with van der Waals surface area (Å²) >= 11 is 6.22. The first kappa shape index (κ1) is 11.3. The molecule has 0 aliphatic carbocycles. The summed E-state index contributed by atoms with van der Waals surface area (Å²) in [7, 11) is 0. The monoisotopic (exact) mass is 281 g/mol. The summed E-state index contributed by atoms with van der Waals surface area (Å²) in [5, 5.41) is 14.9. The molecule has 5 nitrogen and oxygen atoms in total. The Morgan fingerprint density at radius 2 is 1.80 bits per heavy atom. The van der Waals surface area contributed by atoms with Gasteiger partial charge in [0.1, 0.15) is 0 Å². The van der Waals surface area contributed by atoms with E-state index in [-0.39, 0.29) is 0 Å². The zero-order valence-electron chi connectivity index (χ0n) is 10.2. The predicted molar refractivity (Wildman–Crippen MR) is 76.5 cm³/mol. The fourth-order valence-electron chi connectivity index (χ4n) is 2.21. The zero-order valence-corrected chi connectivity index (χ0v) is 11.0. The van der Waals surface area contributed by atoms with Crippen LogP contribution in [0.25, 0.3) is 27.8 Å². The average Bonchev–Trinajstić information content (AvgIpc) is 2.92. The molecule has 0 amide bonds. The molecular formula is C14H8ClN5. The second-order valence-electron chi connectivity index (χ2n) is 4.34. The standard InChI is InChI=1S/C14H8ClN5/c15-12-11-8-16-7-6-10(11)14-18-17-13(20(14)19-12)9-4-2-1-3-5-9/h1-8H. The fourth-order valence-corrected chi connectivity index (χ4v) is 2.43. The van der Waals surface area contributed by atoms with E-state index in [9.17, 15) is 0 Å². The number of hydrogen-bond donors (Lipinski definition) is 0. The van der Waals surface area contributed by atoms with Crippen LogP contribution >= 0.6 is 11.6 Å². The van der Waals surface area contributed by atoms with Crippen LogP contribution in [0.15, 0.2) is 48.8 Å². The summed E-state index contributed by atoms with van der Waals surface area (Å²) in [4.78, 5) is 4.06. The van der Waals surface area contributed by atoms with E-state index in [0.29, 0.717) is 16.6 Å². The molecule has 6 heteroatoms. The van der Waals surface area contributed by atoms with Crippen LogP contribution in [-0.2, 0) is 0 Å². The van der Waals surface area contributed by atoms with Gasteiger partial charge < -0.3 is 0 Å². The third-order valence-corrected chi connectivity index (χ3v) is 3.42. The Labute approximate surface area is 118 Å². The molecule has 0 N–H and O–H groups in total. The summed E-state index contributed by atoms with van der Waals surface area (Å²) in [5.41, 5.74) is 1.61. The highest BCUT2D eigenvalue weighted by Gasteiger charge is 2.14. The van der Waals surface area contributed by atoms with E-state index in [4.69, 9.17) is 11.6 Å². The van der Waals surface area contributed by atoms with Crippen LogP contribution in [0.5, 0.6) is 0 Å². The zero-order chi connectivity index (χ0) is 13.5. The minimum absolute atomic E-state index is 0.387. The largest absolute Gasteiger partial charge is 0.264 e. The molecule has 0 bridgehead atoms. The maximum Gasteiger partial charge on any atom is 0.186 e. The van der Waals surface area contributed by atoms with Gasteiger partial charge in [-0.1, -0.05) is 41.9 Å². The molecule has 0 radical (unpaired) electrons. The number of benzene rings is 1. The van der Waals surface area contributed by atoms with E-state index in [1.54, 1.807) is 16.9 Å². The van der Waals surface area contributed by atoms with Crippen LogP contribution in [0.1, 0.15) is 0 Å². The topological polar surface area (TPSA) is 56.0 Å². The lowest BCUT2D eigenvalue weighted by atomic mass is 10.2. The molecule has 96 valence electrons. The third-order valence-electron chi connectivity index (χ3n) is 3.14. The van der Waals surface area contributed by atoms with Gasteiger partial charge in [0.25, 0.3) is 0 Å². The highest BCUT2D eigenvalue weighted by atomic mass is 35.5. The van der Waals surface area contributed by atoms with E-state index in [2.05, 4.69) is 20.3 Å². The number of halogens is 1. The molecule has 0 atom stereocenters. The highest BCUT2D eigenvalue weighted by molar-refractivity contribution is 6.34. The summed E-state index contributed by atoms with van der Waals surface area (Å²) in [6.45, 7) is 0. The van der Waals surface area contributed by atoms with Crippen molar-refractivity contribution in [3.63, 3.8) is 0 Å². The first-order valence-corrected chi connectivity index (χ1v) is 6.42. The molecule has 4 aromatic rings. The van der Waals surface area contributed by atoms with E-state index < -0.39 is 0 Å². The summed E-state index contributed by atoms with van der Waals surface area (Å²) < 4.78 is 1.67. The lowest BCUT2D eigenvalue weighted by molar-refractivity contribution is 0.946. The molecule has 0 aliphatic heterocycles. The molecule has 4 rings (SSSR count). The SMILES string of the molecule is Clc1nn2c(-c3ccccc3)nnc2c2ccncc12. The van der Waals surface area contributed by atoms with Gasteiger partial charge >= 0.3 is 0 Å². The Morgan fingerprint density at radius 1 is 0.950 bits per heavy atom. The molecule has 0 unspecified atom stereocenters. The normalized spacial score (nSPS) is 11.2. The first-order chi connectivity index (χ1) is 9.84. The van der Waals surface area contributed by atoms with Gasteiger partial charge in [0.2, 0.25) is 0 Å². The van der Waals surface area contributed by atoms with Gasteiger partial charge in [0, 0.05) is 28.7 Å². The number of fused-ring (bicyclic) bond motifs is 3. The summed E-state index contributed by atoms with van der Waals surface area (Å²) in [6, 6.07) is 11.6. The Morgan fingerprint density at radius 3 is 2.65 bits per heavy atom. The van der Waals surface area contributed by atoms with E-state index in [0.717, 1.165) is 16.3 Å². The third kappa shape index (κ3) is 1.57. The number of pyridine rings is 1. The second kappa shape index (κ2) is 4.25. The van der Waals surface area contributed by atoms with Crippen LogP contribution in [0.3, 0.4) is 0 Å². The van der Waals surface area contributed by atoms with E-state index >= 15 is 0 Å². The van der Waals surface area contributed by atoms with Crippen molar-refractivity contribution in [2.24, 2.45) is 0 Å². The van der Waals surface area contributed by atoms with E-state index in [1.165, 1.54) is 0 Å². The van der Waals surface area contributed by atoms with Crippen molar-refractivity contribution in [1.29, 1.82) is 0 Å². The average molecular weight is 282 g/mol. The van der Waals surface area contributed by atoms with E-state index in [1.807, 2.05) is 36.4 Å². The van der Waals surface area contributed by atoms with Crippen molar-refractivity contribution in [1.82, 2.24) is 24.8 Å².